The van der Waals surface area contributed by atoms with Crippen LogP contribution in [-0.2, 0) is 60.7 Å². The van der Waals surface area contributed by atoms with Gasteiger partial charge in [-0.15, -0.1) is 0 Å². The quantitative estimate of drug-likeness (QED) is 0.0670. The number of ketones is 3. The highest BCUT2D eigenvalue weighted by Crippen LogP contribution is 2.45. The molecule has 0 aromatic heterocycles. The highest BCUT2D eigenvalue weighted by Gasteiger charge is 2.48. The van der Waals surface area contributed by atoms with E-state index in [2.05, 4.69) is 21.3 Å². The summed E-state index contributed by atoms with van der Waals surface area (Å²) in [5, 5.41) is 11.8. The Morgan fingerprint density at radius 2 is 1.54 bits per heavy atom. The van der Waals surface area contributed by atoms with Gasteiger partial charge in [-0.25, -0.2) is 4.79 Å². The lowest BCUT2D eigenvalue weighted by molar-refractivity contribution is -0.157. The molecule has 390 valence electrons. The fourth-order valence-corrected chi connectivity index (χ4v) is 8.81. The summed E-state index contributed by atoms with van der Waals surface area (Å²) in [5.74, 6) is -3.14. The lowest BCUT2D eigenvalue weighted by Gasteiger charge is -2.34. The maximum atomic E-state index is 14.0. The van der Waals surface area contributed by atoms with Gasteiger partial charge < -0.3 is 35.5 Å². The number of ether oxygens (including phenoxy) is 3. The van der Waals surface area contributed by atoms with E-state index in [1.807, 2.05) is 58.9 Å². The number of cyclic esters (lactones) is 1. The topological polar surface area (TPSA) is 216 Å². The number of halogens is 1. The molecular formula is C55H77ClN4O11. The molecule has 2 aromatic rings. The van der Waals surface area contributed by atoms with E-state index in [0.29, 0.717) is 48.4 Å². The van der Waals surface area contributed by atoms with Gasteiger partial charge in [0.1, 0.15) is 41.6 Å². The van der Waals surface area contributed by atoms with Crippen LogP contribution >= 0.6 is 11.6 Å². The number of nitrogens with one attached hydrogen (secondary N) is 4. The highest BCUT2D eigenvalue weighted by molar-refractivity contribution is 6.32. The van der Waals surface area contributed by atoms with Crippen molar-refractivity contribution in [2.45, 2.75) is 176 Å². The number of methoxy groups -OCH3 is 1. The molecule has 2 aliphatic heterocycles. The molecule has 2 aliphatic rings. The number of carbonyl (C=O) groups excluding carboxylic acids is 8. The van der Waals surface area contributed by atoms with Crippen LogP contribution in [0.15, 0.2) is 54.6 Å². The van der Waals surface area contributed by atoms with E-state index in [1.165, 1.54) is 13.2 Å². The fraction of sp³-hybridized carbons (Fsp3) is 0.600. The van der Waals surface area contributed by atoms with Crippen molar-refractivity contribution in [3.8, 4) is 5.75 Å². The third-order valence-corrected chi connectivity index (χ3v) is 14.1. The van der Waals surface area contributed by atoms with Crippen molar-refractivity contribution < 1.29 is 52.6 Å². The smallest absolute Gasteiger partial charge is 0.328 e. The molecule has 0 aliphatic carbocycles. The monoisotopic (exact) mass is 1000 g/mol. The maximum absolute atomic E-state index is 14.0. The molecule has 1 unspecified atom stereocenters. The molecule has 15 nitrogen and oxygen atoms in total. The minimum atomic E-state index is -1.19. The predicted octanol–water partition coefficient (Wildman–Crippen LogP) is 7.47. The standard InChI is InChI=1S/C55H77ClN4O11/c1-12-39(61)15-13-16-40(62)30-41(32(4)5)51(65)57-34(7)45(63)25-21-36-19-23-38(24-20-36)50-49(71-50)33(6)46-17-14-18-48(64)59-43(29-37-22-26-47(69-11)42(56)28-37)52(66)58-35(8)55(9,10)54(68)60-44(27-31(2)3)53(67)70-46/h14,18-20,22-24,26,28,31-35,41,43-44,46,49-50H,12-13,15-17,21,25,27,29-30H2,1-11H3,(H,57,65)(H,58,66)(H,59,64)(H,60,68)/b18-14+/t33-,34-,35?,41-,43+,44-,46-,49+,50+/m0/s1. The van der Waals surface area contributed by atoms with E-state index in [1.54, 1.807) is 58.9 Å². The van der Waals surface area contributed by atoms with E-state index in [-0.39, 0.29) is 85.3 Å². The molecule has 2 aromatic carbocycles. The summed E-state index contributed by atoms with van der Waals surface area (Å²) in [6.07, 6.45) is 4.20. The molecule has 0 saturated carbocycles. The molecule has 4 N–H and O–H groups in total. The second kappa shape index (κ2) is 26.9. The van der Waals surface area contributed by atoms with Crippen molar-refractivity contribution in [3.63, 3.8) is 0 Å². The lowest BCUT2D eigenvalue weighted by atomic mass is 9.83. The number of aryl methyl sites for hydroxylation is 1. The molecule has 2 heterocycles. The van der Waals surface area contributed by atoms with Gasteiger partial charge in [0.05, 0.1) is 29.7 Å². The Morgan fingerprint density at radius 3 is 2.15 bits per heavy atom. The minimum Gasteiger partial charge on any atom is -0.495 e. The van der Waals surface area contributed by atoms with E-state index in [0.717, 1.165) is 11.1 Å². The Morgan fingerprint density at radius 1 is 0.873 bits per heavy atom. The lowest BCUT2D eigenvalue weighted by Crippen LogP contribution is -2.58. The SMILES string of the molecule is CCC(=O)CCCC(=O)C[C@H](C(=O)N[C@@H](C)C(=O)CCc1ccc([C@H]2O[C@@H]2[C@@H](C)[C@@H]2C/C=C/C(=O)N[C@H](Cc3ccc(OC)c(Cl)c3)C(=O)NC(C)C(C)(C)C(=O)N[C@@H](CC(C)C)C(=O)O2)cc1)C(C)C. The summed E-state index contributed by atoms with van der Waals surface area (Å²) in [7, 11) is 1.50. The second-order valence-corrected chi connectivity index (χ2v) is 21.0. The van der Waals surface area contributed by atoms with Crippen LogP contribution in [0.3, 0.4) is 0 Å². The Hall–Kier alpha value is -5.41. The van der Waals surface area contributed by atoms with Gasteiger partial charge in [-0.3, -0.25) is 33.6 Å². The molecule has 4 amide bonds. The molecule has 71 heavy (non-hydrogen) atoms. The van der Waals surface area contributed by atoms with Gasteiger partial charge in [-0.05, 0) is 93.7 Å². The van der Waals surface area contributed by atoms with E-state index < -0.39 is 65.3 Å². The number of hydrogen-bond donors (Lipinski definition) is 4. The van der Waals surface area contributed by atoms with Gasteiger partial charge >= 0.3 is 5.97 Å². The zero-order valence-corrected chi connectivity index (χ0v) is 44.2. The normalized spacial score (nSPS) is 23.6. The first-order chi connectivity index (χ1) is 33.4. The van der Waals surface area contributed by atoms with E-state index >= 15 is 0 Å². The number of amides is 4. The molecule has 16 heteroatoms. The molecule has 1 fully saturated rings. The highest BCUT2D eigenvalue weighted by atomic mass is 35.5. The van der Waals surface area contributed by atoms with Gasteiger partial charge in [-0.1, -0.05) is 89.6 Å². The van der Waals surface area contributed by atoms with Gasteiger partial charge in [-0.2, -0.15) is 0 Å². The van der Waals surface area contributed by atoms with Gasteiger partial charge in [0.2, 0.25) is 23.6 Å². The third kappa shape index (κ3) is 17.4. The van der Waals surface area contributed by atoms with Crippen LogP contribution in [0.2, 0.25) is 5.02 Å². The van der Waals surface area contributed by atoms with Crippen LogP contribution in [0, 0.1) is 29.1 Å². The Bertz CT molecular complexity index is 2240. The Labute approximate surface area is 425 Å². The summed E-state index contributed by atoms with van der Waals surface area (Å²) in [6, 6.07) is 9.33. The second-order valence-electron chi connectivity index (χ2n) is 20.6. The van der Waals surface area contributed by atoms with Crippen LogP contribution in [0.1, 0.15) is 143 Å². The van der Waals surface area contributed by atoms with Gasteiger partial charge in [0, 0.05) is 62.8 Å². The Kier molecular flexibility index (Phi) is 22.0. The molecule has 1 saturated heterocycles. The number of carbonyl (C=O) groups is 8. The summed E-state index contributed by atoms with van der Waals surface area (Å²) < 4.78 is 17.7. The first-order valence-corrected chi connectivity index (χ1v) is 25.5. The van der Waals surface area contributed by atoms with Gasteiger partial charge in [0.15, 0.2) is 5.78 Å². The largest absolute Gasteiger partial charge is 0.495 e. The van der Waals surface area contributed by atoms with Crippen molar-refractivity contribution in [1.29, 1.82) is 0 Å². The fourth-order valence-electron chi connectivity index (χ4n) is 8.53. The predicted molar refractivity (Wildman–Crippen MR) is 271 cm³/mol. The summed E-state index contributed by atoms with van der Waals surface area (Å²) in [4.78, 5) is 106. The van der Waals surface area contributed by atoms with E-state index in [4.69, 9.17) is 25.8 Å². The number of epoxide rings is 1. The van der Waals surface area contributed by atoms with Crippen LogP contribution in [0.5, 0.6) is 5.75 Å². The van der Waals surface area contributed by atoms with Crippen LogP contribution in [-0.4, -0.2) is 90.4 Å². The van der Waals surface area contributed by atoms with Crippen molar-refractivity contribution in [1.82, 2.24) is 21.3 Å². The number of hydrogen-bond acceptors (Lipinski definition) is 11. The Balaban J connectivity index is 1.44. The molecular weight excluding hydrogens is 928 g/mol. The average Bonchev–Trinajstić information content (AvgIpc) is 4.12. The summed E-state index contributed by atoms with van der Waals surface area (Å²) in [5.41, 5.74) is 1.28. The van der Waals surface area contributed by atoms with Crippen molar-refractivity contribution in [2.75, 3.05) is 7.11 Å². The first-order valence-electron chi connectivity index (χ1n) is 25.2. The van der Waals surface area contributed by atoms with Crippen molar-refractivity contribution in [2.24, 2.45) is 29.1 Å². The van der Waals surface area contributed by atoms with Crippen LogP contribution in [0.4, 0.5) is 0 Å². The molecule has 4 rings (SSSR count). The average molecular weight is 1010 g/mol. The van der Waals surface area contributed by atoms with E-state index in [9.17, 15) is 38.4 Å². The van der Waals surface area contributed by atoms with Crippen LogP contribution < -0.4 is 26.0 Å². The summed E-state index contributed by atoms with van der Waals surface area (Å²) >= 11 is 6.40. The van der Waals surface area contributed by atoms with Crippen molar-refractivity contribution >= 4 is 58.5 Å². The van der Waals surface area contributed by atoms with Gasteiger partial charge in [0.25, 0.3) is 0 Å². The summed E-state index contributed by atoms with van der Waals surface area (Å²) in [6.45, 7) is 18.0. The number of Topliss-reactive ketones (excluding diaryl/α,β-unsaturated/α-hetero) is 3. The first kappa shape index (κ1) is 58.2. The zero-order chi connectivity index (χ0) is 52.7. The minimum absolute atomic E-state index is 0.0123. The maximum Gasteiger partial charge on any atom is 0.328 e. The molecule has 0 radical (unpaired) electrons. The zero-order valence-electron chi connectivity index (χ0n) is 43.5. The number of benzene rings is 2. The van der Waals surface area contributed by atoms with Crippen molar-refractivity contribution in [3.05, 3.63) is 76.3 Å². The third-order valence-electron chi connectivity index (χ3n) is 13.9. The number of esters is 1. The number of rotatable bonds is 22. The molecule has 9 atom stereocenters. The molecule has 0 spiro atoms. The van der Waals surface area contributed by atoms with Crippen LogP contribution in [0.25, 0.3) is 0 Å². The molecule has 0 bridgehead atoms.